The smallest absolute Gasteiger partial charge is 0.274 e. The molecule has 1 fully saturated rings. The average Bonchev–Trinajstić information content (AvgIpc) is 2.74. The Hall–Kier alpha value is -3.46. The van der Waals surface area contributed by atoms with Gasteiger partial charge < -0.3 is 16.0 Å². The molecule has 3 N–H and O–H groups in total. The minimum atomic E-state index is -0.973. The molecule has 0 aliphatic carbocycles. The molecule has 0 spiro atoms. The summed E-state index contributed by atoms with van der Waals surface area (Å²) in [7, 11) is 0. The van der Waals surface area contributed by atoms with Crippen LogP contribution in [0.2, 0.25) is 0 Å². The summed E-state index contributed by atoms with van der Waals surface area (Å²) < 4.78 is 42.6. The average molecular weight is 441 g/mol. The highest BCUT2D eigenvalue weighted by Gasteiger charge is 2.25. The van der Waals surface area contributed by atoms with E-state index in [1.807, 2.05) is 0 Å². The Bertz CT molecular complexity index is 1130. The van der Waals surface area contributed by atoms with Crippen molar-refractivity contribution in [3.63, 3.8) is 0 Å². The number of carbonyl (C=O) groups excluding carboxylic acids is 1. The molecule has 1 amide bonds. The third-order valence-electron chi connectivity index (χ3n) is 5.36. The number of amides is 1. The first-order valence-electron chi connectivity index (χ1n) is 10.2. The number of rotatable bonds is 4. The van der Waals surface area contributed by atoms with Gasteiger partial charge in [0.1, 0.15) is 28.8 Å². The van der Waals surface area contributed by atoms with E-state index in [-0.39, 0.29) is 11.7 Å². The van der Waals surface area contributed by atoms with Crippen molar-refractivity contribution in [1.29, 1.82) is 0 Å². The molecule has 6 nitrogen and oxygen atoms in total. The van der Waals surface area contributed by atoms with Crippen molar-refractivity contribution in [2.75, 3.05) is 23.3 Å². The SMILES string of the molecule is C[C@@H]1C[C@H](N)CN(c2ccncc2NC(=O)c2ccc(F)c(-c3c(F)cccc3F)n2)C1. The molecule has 2 aromatic heterocycles. The number of nitrogens with zero attached hydrogens (tertiary/aromatic N) is 3. The number of hydrogen-bond acceptors (Lipinski definition) is 5. The number of nitrogens with two attached hydrogens (primary N) is 1. The Balaban J connectivity index is 1.64. The summed E-state index contributed by atoms with van der Waals surface area (Å²) in [4.78, 5) is 22.9. The van der Waals surface area contributed by atoms with Gasteiger partial charge >= 0.3 is 0 Å². The maximum Gasteiger partial charge on any atom is 0.274 e. The van der Waals surface area contributed by atoms with Crippen LogP contribution in [-0.2, 0) is 0 Å². The number of carbonyl (C=O) groups is 1. The first kappa shape index (κ1) is 21.8. The summed E-state index contributed by atoms with van der Waals surface area (Å²) in [6.45, 7) is 3.51. The summed E-state index contributed by atoms with van der Waals surface area (Å²) in [6.07, 6.45) is 4.03. The molecule has 166 valence electrons. The van der Waals surface area contributed by atoms with Crippen molar-refractivity contribution < 1.29 is 18.0 Å². The third-order valence-corrected chi connectivity index (χ3v) is 5.36. The molecule has 1 saturated heterocycles. The van der Waals surface area contributed by atoms with E-state index in [9.17, 15) is 18.0 Å². The molecule has 0 bridgehead atoms. The normalized spacial score (nSPS) is 18.5. The van der Waals surface area contributed by atoms with Crippen LogP contribution in [0.1, 0.15) is 23.8 Å². The van der Waals surface area contributed by atoms with Crippen molar-refractivity contribution in [1.82, 2.24) is 9.97 Å². The van der Waals surface area contributed by atoms with Crippen molar-refractivity contribution >= 4 is 17.3 Å². The maximum atomic E-state index is 14.3. The Labute approximate surface area is 183 Å². The Morgan fingerprint density at radius 1 is 1.09 bits per heavy atom. The summed E-state index contributed by atoms with van der Waals surface area (Å²) in [5.41, 5.74) is 5.94. The van der Waals surface area contributed by atoms with Gasteiger partial charge in [-0.1, -0.05) is 13.0 Å². The topological polar surface area (TPSA) is 84.1 Å². The molecule has 1 aromatic carbocycles. The van der Waals surface area contributed by atoms with Gasteiger partial charge in [-0.25, -0.2) is 18.2 Å². The van der Waals surface area contributed by atoms with Crippen molar-refractivity contribution in [3.8, 4) is 11.3 Å². The van der Waals surface area contributed by atoms with E-state index in [1.54, 1.807) is 12.3 Å². The van der Waals surface area contributed by atoms with Gasteiger partial charge in [0.25, 0.3) is 5.91 Å². The highest BCUT2D eigenvalue weighted by Crippen LogP contribution is 2.30. The van der Waals surface area contributed by atoms with E-state index < -0.39 is 34.6 Å². The molecule has 0 saturated carbocycles. The Morgan fingerprint density at radius 2 is 1.84 bits per heavy atom. The van der Waals surface area contributed by atoms with Crippen LogP contribution in [0.15, 0.2) is 48.8 Å². The molecule has 1 aliphatic rings. The van der Waals surface area contributed by atoms with Gasteiger partial charge in [0.05, 0.1) is 23.1 Å². The van der Waals surface area contributed by atoms with E-state index in [4.69, 9.17) is 5.73 Å². The van der Waals surface area contributed by atoms with Gasteiger partial charge in [-0.2, -0.15) is 0 Å². The zero-order valence-corrected chi connectivity index (χ0v) is 17.4. The quantitative estimate of drug-likeness (QED) is 0.640. The lowest BCUT2D eigenvalue weighted by Gasteiger charge is -2.37. The van der Waals surface area contributed by atoms with Crippen LogP contribution in [-0.4, -0.2) is 35.0 Å². The zero-order valence-electron chi connectivity index (χ0n) is 17.4. The molecule has 9 heteroatoms. The van der Waals surface area contributed by atoms with Crippen LogP contribution in [0.4, 0.5) is 24.5 Å². The number of pyridine rings is 2. The summed E-state index contributed by atoms with van der Waals surface area (Å²) >= 11 is 0. The number of benzene rings is 1. The minimum absolute atomic E-state index is 0.00690. The molecular weight excluding hydrogens is 419 g/mol. The molecular formula is C23H22F3N5O. The van der Waals surface area contributed by atoms with Crippen LogP contribution in [0.3, 0.4) is 0 Å². The van der Waals surface area contributed by atoms with Gasteiger partial charge in [0.2, 0.25) is 0 Å². The summed E-state index contributed by atoms with van der Waals surface area (Å²) in [6, 6.07) is 7.06. The highest BCUT2D eigenvalue weighted by molar-refractivity contribution is 6.04. The second kappa shape index (κ2) is 8.96. The number of hydrogen-bond donors (Lipinski definition) is 2. The van der Waals surface area contributed by atoms with Gasteiger partial charge in [-0.3, -0.25) is 9.78 Å². The predicted octanol–water partition coefficient (Wildman–Crippen LogP) is 3.99. The highest BCUT2D eigenvalue weighted by atomic mass is 19.1. The van der Waals surface area contributed by atoms with E-state index in [2.05, 4.69) is 27.1 Å². The standard InChI is InChI=1S/C23H22F3N5O/c1-13-9-14(27)12-31(11-13)20-7-8-28-10-19(20)30-23(32)18-6-5-17(26)22(29-18)21-15(24)3-2-4-16(21)25/h2-8,10,13-14H,9,11-12,27H2,1H3,(H,30,32)/t13-,14+/m1/s1. The van der Waals surface area contributed by atoms with Gasteiger partial charge in [0.15, 0.2) is 0 Å². The fourth-order valence-electron chi connectivity index (χ4n) is 4.01. The first-order chi connectivity index (χ1) is 15.3. The minimum Gasteiger partial charge on any atom is -0.368 e. The fourth-order valence-corrected chi connectivity index (χ4v) is 4.01. The van der Waals surface area contributed by atoms with E-state index in [0.29, 0.717) is 18.2 Å². The molecule has 0 radical (unpaired) electrons. The van der Waals surface area contributed by atoms with Crippen molar-refractivity contribution in [2.45, 2.75) is 19.4 Å². The van der Waals surface area contributed by atoms with Crippen LogP contribution >= 0.6 is 0 Å². The lowest BCUT2D eigenvalue weighted by molar-refractivity contribution is 0.102. The second-order valence-corrected chi connectivity index (χ2v) is 7.98. The van der Waals surface area contributed by atoms with Crippen LogP contribution in [0, 0.1) is 23.4 Å². The van der Waals surface area contributed by atoms with Crippen LogP contribution in [0.5, 0.6) is 0 Å². The molecule has 2 atom stereocenters. The van der Waals surface area contributed by atoms with Gasteiger partial charge in [-0.15, -0.1) is 0 Å². The fraction of sp³-hybridized carbons (Fsp3) is 0.261. The molecule has 4 rings (SSSR count). The van der Waals surface area contributed by atoms with E-state index >= 15 is 0 Å². The molecule has 32 heavy (non-hydrogen) atoms. The van der Waals surface area contributed by atoms with E-state index in [0.717, 1.165) is 42.9 Å². The first-order valence-corrected chi connectivity index (χ1v) is 10.2. The number of anilines is 2. The van der Waals surface area contributed by atoms with Crippen molar-refractivity contribution in [2.24, 2.45) is 11.7 Å². The number of halogens is 3. The van der Waals surface area contributed by atoms with Gasteiger partial charge in [-0.05, 0) is 42.7 Å². The Kier molecular flexibility index (Phi) is 6.09. The third kappa shape index (κ3) is 4.43. The molecule has 1 aliphatic heterocycles. The second-order valence-electron chi connectivity index (χ2n) is 7.98. The molecule has 3 heterocycles. The summed E-state index contributed by atoms with van der Waals surface area (Å²) in [5, 5.41) is 2.72. The van der Waals surface area contributed by atoms with Gasteiger partial charge in [0, 0.05) is 25.3 Å². The number of aromatic nitrogens is 2. The summed E-state index contributed by atoms with van der Waals surface area (Å²) in [5.74, 6) is -3.17. The van der Waals surface area contributed by atoms with Crippen molar-refractivity contribution in [3.05, 3.63) is 71.9 Å². The predicted molar refractivity (Wildman–Crippen MR) is 116 cm³/mol. The maximum absolute atomic E-state index is 14.3. The van der Waals surface area contributed by atoms with Crippen LogP contribution < -0.4 is 16.0 Å². The lowest BCUT2D eigenvalue weighted by Crippen LogP contribution is -2.46. The monoisotopic (exact) mass is 441 g/mol. The number of piperidine rings is 1. The van der Waals surface area contributed by atoms with Crippen LogP contribution in [0.25, 0.3) is 11.3 Å². The zero-order chi connectivity index (χ0) is 22.8. The number of nitrogens with one attached hydrogen (secondary N) is 1. The van der Waals surface area contributed by atoms with E-state index in [1.165, 1.54) is 12.3 Å². The lowest BCUT2D eigenvalue weighted by atomic mass is 9.96. The largest absolute Gasteiger partial charge is 0.368 e. The Morgan fingerprint density at radius 3 is 2.56 bits per heavy atom. The molecule has 0 unspecified atom stereocenters. The molecule has 3 aromatic rings.